The molecule has 1 aromatic heterocycles. The van der Waals surface area contributed by atoms with E-state index >= 15 is 0 Å². The van der Waals surface area contributed by atoms with Crippen molar-refractivity contribution in [2.45, 2.75) is 0 Å². The largest absolute Gasteiger partial charge is 1.00 e. The van der Waals surface area contributed by atoms with E-state index in [1.165, 1.54) is 16.7 Å². The summed E-state index contributed by atoms with van der Waals surface area (Å²) in [5.41, 5.74) is 1.01. The van der Waals surface area contributed by atoms with E-state index in [2.05, 4.69) is 0 Å². The number of rotatable bonds is 1. The summed E-state index contributed by atoms with van der Waals surface area (Å²) in [7, 11) is 0. The minimum absolute atomic E-state index is 0. The van der Waals surface area contributed by atoms with Crippen LogP contribution in [0, 0.1) is 16.0 Å². The van der Waals surface area contributed by atoms with Crippen LogP contribution in [0.1, 0.15) is 5.56 Å². The molecule has 2 rings (SSSR count). The van der Waals surface area contributed by atoms with Gasteiger partial charge in [-0.25, -0.2) is 0 Å². The Morgan fingerprint density at radius 1 is 1.12 bits per heavy atom. The van der Waals surface area contributed by atoms with Crippen LogP contribution in [0.3, 0.4) is 0 Å². The SMILES string of the molecule is N#Cc1ccc([O-])n(-c2ccccc2)c1=S.[Na+]. The van der Waals surface area contributed by atoms with Gasteiger partial charge in [0.1, 0.15) is 10.7 Å². The molecule has 0 fully saturated rings. The van der Waals surface area contributed by atoms with Crippen molar-refractivity contribution in [1.82, 2.24) is 4.57 Å². The molecule has 0 aliphatic rings. The van der Waals surface area contributed by atoms with Gasteiger partial charge in [-0.3, -0.25) is 0 Å². The van der Waals surface area contributed by atoms with Gasteiger partial charge in [-0.1, -0.05) is 36.5 Å². The number of pyridine rings is 1. The first-order valence-corrected chi connectivity index (χ1v) is 5.03. The van der Waals surface area contributed by atoms with Crippen LogP contribution >= 0.6 is 12.2 Å². The number of para-hydroxylation sites is 1. The van der Waals surface area contributed by atoms with Gasteiger partial charge in [-0.15, -0.1) is 0 Å². The number of nitrogens with zero attached hydrogens (tertiary/aromatic N) is 2. The second-order valence-corrected chi connectivity index (χ2v) is 3.56. The second-order valence-electron chi connectivity index (χ2n) is 3.17. The second kappa shape index (κ2) is 5.99. The van der Waals surface area contributed by atoms with E-state index in [4.69, 9.17) is 17.5 Å². The van der Waals surface area contributed by atoms with Crippen molar-refractivity contribution < 1.29 is 34.7 Å². The van der Waals surface area contributed by atoms with Crippen LogP contribution in [0.4, 0.5) is 0 Å². The van der Waals surface area contributed by atoms with Gasteiger partial charge >= 0.3 is 29.6 Å². The number of hydrogen-bond acceptors (Lipinski definition) is 3. The molecular weight excluding hydrogens is 243 g/mol. The maximum atomic E-state index is 11.7. The summed E-state index contributed by atoms with van der Waals surface area (Å²) < 4.78 is 1.61. The molecule has 3 nitrogen and oxygen atoms in total. The van der Waals surface area contributed by atoms with Gasteiger partial charge in [0, 0.05) is 5.69 Å². The maximum Gasteiger partial charge on any atom is 1.00 e. The fourth-order valence-corrected chi connectivity index (χ4v) is 1.74. The summed E-state index contributed by atoms with van der Waals surface area (Å²) in [6.45, 7) is 0. The van der Waals surface area contributed by atoms with Gasteiger partial charge in [0.2, 0.25) is 0 Å². The van der Waals surface area contributed by atoms with Crippen molar-refractivity contribution in [3.8, 4) is 17.6 Å². The van der Waals surface area contributed by atoms with Gasteiger partial charge in [0.25, 0.3) is 0 Å². The smallest absolute Gasteiger partial charge is 0.860 e. The van der Waals surface area contributed by atoms with E-state index in [9.17, 15) is 5.11 Å². The van der Waals surface area contributed by atoms with Gasteiger partial charge < -0.3 is 9.67 Å². The zero-order valence-electron chi connectivity index (χ0n) is 9.25. The molecule has 0 N–H and O–H groups in total. The molecule has 1 heterocycles. The number of benzene rings is 1. The summed E-state index contributed by atoms with van der Waals surface area (Å²) in [5.74, 6) is -0.227. The molecule has 0 saturated carbocycles. The fourth-order valence-electron chi connectivity index (χ4n) is 1.43. The Balaban J connectivity index is 0.00000144. The molecule has 0 amide bonds. The van der Waals surface area contributed by atoms with Crippen LogP contribution in [0.5, 0.6) is 5.88 Å². The third-order valence-electron chi connectivity index (χ3n) is 2.18. The van der Waals surface area contributed by atoms with Crippen molar-refractivity contribution in [3.63, 3.8) is 0 Å². The Kier molecular flexibility index (Phi) is 4.91. The Labute approximate surface area is 126 Å². The third-order valence-corrected chi connectivity index (χ3v) is 2.58. The first-order chi connectivity index (χ1) is 7.74. The number of nitriles is 1. The zero-order valence-corrected chi connectivity index (χ0v) is 12.1. The Hall–Kier alpha value is -1.12. The summed E-state index contributed by atoms with van der Waals surface area (Å²) in [4.78, 5) is 0. The van der Waals surface area contributed by atoms with Crippen LogP contribution in [-0.2, 0) is 0 Å². The Bertz CT molecular complexity index is 617. The van der Waals surface area contributed by atoms with Crippen molar-refractivity contribution in [1.29, 1.82) is 5.26 Å². The molecule has 0 saturated heterocycles. The number of aromatic nitrogens is 1. The number of hydrogen-bond donors (Lipinski definition) is 0. The van der Waals surface area contributed by atoms with Crippen LogP contribution in [0.15, 0.2) is 42.5 Å². The summed E-state index contributed by atoms with van der Waals surface area (Å²) in [6, 6.07) is 13.8. The molecule has 0 spiro atoms. The minimum Gasteiger partial charge on any atom is -0.860 e. The first kappa shape index (κ1) is 13.9. The van der Waals surface area contributed by atoms with Crippen LogP contribution < -0.4 is 34.7 Å². The van der Waals surface area contributed by atoms with Gasteiger partial charge in [0.15, 0.2) is 0 Å². The molecule has 0 radical (unpaired) electrons. The van der Waals surface area contributed by atoms with E-state index in [-0.39, 0.29) is 40.1 Å². The molecule has 2 aromatic rings. The summed E-state index contributed by atoms with van der Waals surface area (Å²) in [6.07, 6.45) is 0. The topological polar surface area (TPSA) is 51.8 Å². The van der Waals surface area contributed by atoms with Crippen LogP contribution in [0.2, 0.25) is 0 Å². The zero-order chi connectivity index (χ0) is 11.5. The predicted molar refractivity (Wildman–Crippen MR) is 60.8 cm³/mol. The van der Waals surface area contributed by atoms with Crippen LogP contribution in [-0.4, -0.2) is 4.57 Å². The monoisotopic (exact) mass is 250 g/mol. The first-order valence-electron chi connectivity index (χ1n) is 4.62. The van der Waals surface area contributed by atoms with E-state index in [0.717, 1.165) is 0 Å². The predicted octanol–water partition coefficient (Wildman–Crippen LogP) is -0.844. The maximum absolute atomic E-state index is 11.7. The van der Waals surface area contributed by atoms with Gasteiger partial charge in [-0.05, 0) is 24.1 Å². The molecule has 0 bridgehead atoms. The van der Waals surface area contributed by atoms with Crippen molar-refractivity contribution in [3.05, 3.63) is 52.7 Å². The van der Waals surface area contributed by atoms with Crippen molar-refractivity contribution >= 4 is 12.2 Å². The van der Waals surface area contributed by atoms with E-state index in [0.29, 0.717) is 11.3 Å². The fraction of sp³-hybridized carbons (Fsp3) is 0. The average Bonchev–Trinajstić information content (AvgIpc) is 2.31. The molecule has 0 unspecified atom stereocenters. The Morgan fingerprint density at radius 3 is 2.35 bits per heavy atom. The standard InChI is InChI=1S/C12H8N2OS.Na/c13-8-9-6-7-11(15)14(12(9)16)10-4-2-1-3-5-10;/h1-7,15H;/q;+1/p-1. The average molecular weight is 250 g/mol. The van der Waals surface area contributed by atoms with Crippen molar-refractivity contribution in [2.24, 2.45) is 0 Å². The summed E-state index contributed by atoms with van der Waals surface area (Å²) >= 11 is 5.10. The van der Waals surface area contributed by atoms with Crippen molar-refractivity contribution in [2.75, 3.05) is 0 Å². The molecule has 1 aromatic carbocycles. The van der Waals surface area contributed by atoms with E-state index < -0.39 is 0 Å². The molecule has 78 valence electrons. The van der Waals surface area contributed by atoms with Gasteiger partial charge in [-0.2, -0.15) is 5.26 Å². The quantitative estimate of drug-likeness (QED) is 0.489. The normalized spacial score (nSPS) is 9.12. The minimum atomic E-state index is -0.227. The van der Waals surface area contributed by atoms with E-state index in [1.54, 1.807) is 12.1 Å². The molecule has 0 aliphatic carbocycles. The van der Waals surface area contributed by atoms with Crippen LogP contribution in [0.25, 0.3) is 5.69 Å². The Morgan fingerprint density at radius 2 is 1.76 bits per heavy atom. The summed E-state index contributed by atoms with van der Waals surface area (Å²) in [5, 5.41) is 20.5. The molecule has 0 aliphatic heterocycles. The molecular formula is C12H7N2NaOS. The molecule has 17 heavy (non-hydrogen) atoms. The third kappa shape index (κ3) is 2.76. The molecule has 0 atom stereocenters. The van der Waals surface area contributed by atoms with E-state index in [1.807, 2.05) is 24.3 Å². The van der Waals surface area contributed by atoms with Gasteiger partial charge in [0.05, 0.1) is 5.56 Å². The molecule has 5 heteroatoms.